The molecule has 0 unspecified atom stereocenters. The molecule has 20 heavy (non-hydrogen) atoms. The predicted octanol–water partition coefficient (Wildman–Crippen LogP) is 2.07. The SMILES string of the molecule is N#Cc1ccnn1-c1ncc([N+](=O)[O-])cc1C(F)(F)F. The third kappa shape index (κ3) is 2.28. The van der Waals surface area contributed by atoms with E-state index >= 15 is 0 Å². The van der Waals surface area contributed by atoms with Crippen LogP contribution in [0.1, 0.15) is 11.3 Å². The van der Waals surface area contributed by atoms with Gasteiger partial charge in [-0.3, -0.25) is 10.1 Å². The molecule has 0 saturated heterocycles. The average molecular weight is 283 g/mol. The first-order valence-electron chi connectivity index (χ1n) is 5.00. The molecule has 0 aliphatic heterocycles. The summed E-state index contributed by atoms with van der Waals surface area (Å²) in [7, 11) is 0. The number of halogens is 3. The van der Waals surface area contributed by atoms with Gasteiger partial charge in [-0.2, -0.15) is 23.5 Å². The Morgan fingerprint density at radius 2 is 2.15 bits per heavy atom. The van der Waals surface area contributed by atoms with Crippen molar-refractivity contribution in [3.8, 4) is 11.9 Å². The summed E-state index contributed by atoms with van der Waals surface area (Å²) in [5.41, 5.74) is -2.31. The highest BCUT2D eigenvalue weighted by Crippen LogP contribution is 2.34. The molecule has 0 aliphatic carbocycles. The molecule has 2 heterocycles. The van der Waals surface area contributed by atoms with E-state index in [1.807, 2.05) is 0 Å². The summed E-state index contributed by atoms with van der Waals surface area (Å²) in [6, 6.07) is 3.20. The number of alkyl halides is 3. The van der Waals surface area contributed by atoms with Crippen molar-refractivity contribution in [2.75, 3.05) is 0 Å². The molecule has 0 amide bonds. The lowest BCUT2D eigenvalue weighted by Gasteiger charge is -2.11. The Kier molecular flexibility index (Phi) is 3.11. The van der Waals surface area contributed by atoms with E-state index in [0.717, 1.165) is 6.20 Å². The monoisotopic (exact) mass is 283 g/mol. The van der Waals surface area contributed by atoms with Crippen LogP contribution in [0.3, 0.4) is 0 Å². The van der Waals surface area contributed by atoms with Crippen LogP contribution >= 0.6 is 0 Å². The minimum Gasteiger partial charge on any atom is -0.258 e. The molecule has 0 radical (unpaired) electrons. The summed E-state index contributed by atoms with van der Waals surface area (Å²) in [6.45, 7) is 0. The first-order valence-corrected chi connectivity index (χ1v) is 5.00. The van der Waals surface area contributed by atoms with E-state index in [1.54, 1.807) is 6.07 Å². The third-order valence-electron chi connectivity index (χ3n) is 2.33. The van der Waals surface area contributed by atoms with Crippen molar-refractivity contribution in [3.63, 3.8) is 0 Å². The number of hydrogen-bond donors (Lipinski definition) is 0. The molecular weight excluding hydrogens is 279 g/mol. The Hall–Kier alpha value is -2.96. The van der Waals surface area contributed by atoms with Crippen molar-refractivity contribution in [3.05, 3.63) is 45.9 Å². The molecule has 102 valence electrons. The van der Waals surface area contributed by atoms with Crippen LogP contribution < -0.4 is 0 Å². The van der Waals surface area contributed by atoms with E-state index in [0.29, 0.717) is 16.9 Å². The summed E-state index contributed by atoms with van der Waals surface area (Å²) in [5.74, 6) is -0.690. The second-order valence-electron chi connectivity index (χ2n) is 3.56. The van der Waals surface area contributed by atoms with E-state index in [-0.39, 0.29) is 5.69 Å². The number of pyridine rings is 1. The molecule has 2 aromatic heterocycles. The Bertz CT molecular complexity index is 716. The molecule has 0 aliphatic rings. The Balaban J connectivity index is 2.71. The molecule has 7 nitrogen and oxygen atoms in total. The Labute approximate surface area is 109 Å². The van der Waals surface area contributed by atoms with Gasteiger partial charge in [-0.1, -0.05) is 0 Å². The fraction of sp³-hybridized carbons (Fsp3) is 0.100. The van der Waals surface area contributed by atoms with Gasteiger partial charge in [0.1, 0.15) is 23.5 Å². The van der Waals surface area contributed by atoms with E-state index in [1.165, 1.54) is 6.07 Å². The zero-order valence-electron chi connectivity index (χ0n) is 9.50. The number of nitriles is 1. The zero-order valence-corrected chi connectivity index (χ0v) is 9.50. The highest BCUT2D eigenvalue weighted by atomic mass is 19.4. The number of aromatic nitrogens is 3. The number of rotatable bonds is 2. The minimum atomic E-state index is -4.87. The molecule has 2 aromatic rings. The fourth-order valence-electron chi connectivity index (χ4n) is 1.48. The van der Waals surface area contributed by atoms with Crippen LogP contribution in [0.25, 0.3) is 5.82 Å². The fourth-order valence-corrected chi connectivity index (χ4v) is 1.48. The van der Waals surface area contributed by atoms with Gasteiger partial charge in [0.2, 0.25) is 0 Å². The van der Waals surface area contributed by atoms with Crippen LogP contribution in [0, 0.1) is 21.4 Å². The maximum Gasteiger partial charge on any atom is 0.420 e. The van der Waals surface area contributed by atoms with Gasteiger partial charge in [-0.25, -0.2) is 9.67 Å². The van der Waals surface area contributed by atoms with Crippen LogP contribution in [0.2, 0.25) is 0 Å². The van der Waals surface area contributed by atoms with Crippen LogP contribution in [-0.2, 0) is 6.18 Å². The molecule has 0 spiro atoms. The summed E-state index contributed by atoms with van der Waals surface area (Å²) in [6.07, 6.45) is -3.07. The van der Waals surface area contributed by atoms with E-state index in [9.17, 15) is 23.3 Å². The smallest absolute Gasteiger partial charge is 0.258 e. The minimum absolute atomic E-state index is 0.170. The zero-order chi connectivity index (χ0) is 14.9. The van der Waals surface area contributed by atoms with Crippen molar-refractivity contribution in [2.24, 2.45) is 0 Å². The summed E-state index contributed by atoms with van der Waals surface area (Å²) < 4.78 is 39.5. The molecule has 10 heteroatoms. The van der Waals surface area contributed by atoms with Gasteiger partial charge < -0.3 is 0 Å². The van der Waals surface area contributed by atoms with Gasteiger partial charge >= 0.3 is 6.18 Å². The van der Waals surface area contributed by atoms with E-state index in [2.05, 4.69) is 10.1 Å². The molecule has 0 fully saturated rings. The van der Waals surface area contributed by atoms with Crippen molar-refractivity contribution in [1.82, 2.24) is 14.8 Å². The van der Waals surface area contributed by atoms with Gasteiger partial charge in [0.15, 0.2) is 5.82 Å². The van der Waals surface area contributed by atoms with Crippen LogP contribution in [-0.4, -0.2) is 19.7 Å². The standard InChI is InChI=1S/C10H4F3N5O2/c11-10(12,13)8-3-7(18(19)20)5-15-9(8)17-6(4-14)1-2-16-17/h1-3,5H. The molecule has 0 saturated carbocycles. The van der Waals surface area contributed by atoms with E-state index in [4.69, 9.17) is 5.26 Å². The highest BCUT2D eigenvalue weighted by Gasteiger charge is 2.37. The molecule has 2 rings (SSSR count). The van der Waals surface area contributed by atoms with Crippen LogP contribution in [0.4, 0.5) is 18.9 Å². The summed E-state index contributed by atoms with van der Waals surface area (Å²) in [4.78, 5) is 12.9. The number of nitrogens with zero attached hydrogens (tertiary/aromatic N) is 5. The number of nitro groups is 1. The summed E-state index contributed by atoms with van der Waals surface area (Å²) >= 11 is 0. The molecule has 0 bridgehead atoms. The van der Waals surface area contributed by atoms with Gasteiger partial charge in [0.25, 0.3) is 5.69 Å². The summed E-state index contributed by atoms with van der Waals surface area (Å²) in [5, 5.41) is 22.9. The second kappa shape index (κ2) is 4.61. The van der Waals surface area contributed by atoms with Crippen molar-refractivity contribution in [1.29, 1.82) is 5.26 Å². The largest absolute Gasteiger partial charge is 0.420 e. The quantitative estimate of drug-likeness (QED) is 0.620. The number of hydrogen-bond acceptors (Lipinski definition) is 5. The Morgan fingerprint density at radius 1 is 1.45 bits per heavy atom. The third-order valence-corrected chi connectivity index (χ3v) is 2.33. The van der Waals surface area contributed by atoms with Crippen molar-refractivity contribution < 1.29 is 18.1 Å². The maximum atomic E-state index is 12.9. The lowest BCUT2D eigenvalue weighted by Crippen LogP contribution is -2.14. The van der Waals surface area contributed by atoms with Crippen molar-refractivity contribution in [2.45, 2.75) is 6.18 Å². The molecule has 0 aromatic carbocycles. The Morgan fingerprint density at radius 3 is 2.70 bits per heavy atom. The molecule has 0 atom stereocenters. The molecule has 0 N–H and O–H groups in total. The topological polar surface area (TPSA) is 97.6 Å². The van der Waals surface area contributed by atoms with Crippen LogP contribution in [0.15, 0.2) is 24.5 Å². The van der Waals surface area contributed by atoms with E-state index < -0.39 is 28.2 Å². The first-order chi connectivity index (χ1) is 9.34. The highest BCUT2D eigenvalue weighted by molar-refractivity contribution is 5.45. The van der Waals surface area contributed by atoms with Gasteiger partial charge in [0, 0.05) is 6.07 Å². The van der Waals surface area contributed by atoms with Crippen LogP contribution in [0.5, 0.6) is 0 Å². The van der Waals surface area contributed by atoms with Gasteiger partial charge in [0.05, 0.1) is 11.1 Å². The van der Waals surface area contributed by atoms with Gasteiger partial charge in [-0.15, -0.1) is 0 Å². The lowest BCUT2D eigenvalue weighted by molar-refractivity contribution is -0.385. The van der Waals surface area contributed by atoms with Gasteiger partial charge in [-0.05, 0) is 6.07 Å². The average Bonchev–Trinajstić information content (AvgIpc) is 2.85. The van der Waals surface area contributed by atoms with Crippen molar-refractivity contribution >= 4 is 5.69 Å². The predicted molar refractivity (Wildman–Crippen MR) is 57.7 cm³/mol. The first kappa shape index (κ1) is 13.5. The molecular formula is C10H4F3N5O2. The normalized spacial score (nSPS) is 11.1. The lowest BCUT2D eigenvalue weighted by atomic mass is 10.2. The maximum absolute atomic E-state index is 12.9. The second-order valence-corrected chi connectivity index (χ2v) is 3.56.